The number of aliphatic hydroxyl groups excluding tert-OH is 1. The van der Waals surface area contributed by atoms with Crippen LogP contribution in [0.4, 0.5) is 5.95 Å². The number of nitrogens with zero attached hydrogens (tertiary/aromatic N) is 3. The van der Waals surface area contributed by atoms with E-state index in [0.717, 1.165) is 0 Å². The summed E-state index contributed by atoms with van der Waals surface area (Å²) in [7, 11) is -16.6. The molecule has 0 aliphatic carbocycles. The Labute approximate surface area is 171 Å². The van der Waals surface area contributed by atoms with Crippen LogP contribution in [0.15, 0.2) is 11.1 Å². The highest BCUT2D eigenvalue weighted by molar-refractivity contribution is 7.66. The van der Waals surface area contributed by atoms with Crippen molar-refractivity contribution in [3.63, 3.8) is 0 Å². The summed E-state index contributed by atoms with van der Waals surface area (Å²) in [6.07, 6.45) is -2.36. The number of H-pyrrole nitrogens is 1. The first-order chi connectivity index (χ1) is 14.2. The molecular formula is C10H16N5O13P3. The number of ether oxygens (including phenoxy) is 1. The standard InChI is InChI=1S/C10H16N5O13P3/c11-10-13-8-7(9(17)14-10)12-3-15(8)6-1-4(16)5(26-6)2-25-30(21,22)28-31(23,24)27-29(18,19)20/h3-6,16H,1-2H2,(H,21,22)(H,23,24)(H2,18,19,20)(H3,11,13,14,17)/t4?,5-,6-/m1/s1/i11+1,12+1,13+1,14+1,15+1. The number of aliphatic hydroxyl groups is 1. The highest BCUT2D eigenvalue weighted by Crippen LogP contribution is 2.66. The number of nitrogens with one attached hydrogen (secondary N) is 1. The van der Waals surface area contributed by atoms with Gasteiger partial charge < -0.3 is 35.2 Å². The molecule has 3 heterocycles. The molecule has 8 N–H and O–H groups in total. The number of hydrogen-bond donors (Lipinski definition) is 7. The van der Waals surface area contributed by atoms with Crippen molar-refractivity contribution < 1.29 is 56.3 Å². The number of aromatic nitrogens is 4. The number of anilines is 1. The number of nitrogens with two attached hydrogens (primary N) is 1. The van der Waals surface area contributed by atoms with Crippen molar-refractivity contribution in [1.82, 2.24) is 19.5 Å². The first kappa shape index (κ1) is 24.1. The number of hydrogen-bond acceptors (Lipinski definition) is 12. The number of aromatic amines is 1. The van der Waals surface area contributed by atoms with E-state index < -0.39 is 54.1 Å². The molecule has 3 rings (SSSR count). The van der Waals surface area contributed by atoms with Crippen LogP contribution in [0, 0.1) is 0 Å². The molecule has 0 aromatic carbocycles. The summed E-state index contributed by atoms with van der Waals surface area (Å²) >= 11 is 0. The second-order valence-electron chi connectivity index (χ2n) is 6.09. The fourth-order valence-electron chi connectivity index (χ4n) is 2.66. The average molecular weight is 512 g/mol. The summed E-state index contributed by atoms with van der Waals surface area (Å²) in [5.74, 6) is -0.193. The lowest BCUT2D eigenvalue weighted by atomic mass is 10.2. The molecule has 1 aliphatic rings. The Kier molecular flexibility index (Phi) is 6.57. The molecule has 0 bridgehead atoms. The Hall–Kier alpha value is -1.52. The van der Waals surface area contributed by atoms with E-state index in [1.165, 1.54) is 10.9 Å². The molecule has 3 unspecified atom stereocenters. The lowest BCUT2D eigenvalue weighted by molar-refractivity contribution is -0.0423. The number of phosphoric ester groups is 1. The van der Waals surface area contributed by atoms with Crippen LogP contribution < -0.4 is 11.3 Å². The van der Waals surface area contributed by atoms with Crippen LogP contribution in [0.5, 0.6) is 0 Å². The summed E-state index contributed by atoms with van der Waals surface area (Å²) < 4.78 is 52.1. The topological polar surface area (TPSA) is 279 Å². The zero-order chi connectivity index (χ0) is 23.2. The van der Waals surface area contributed by atoms with E-state index in [2.05, 4.69) is 28.1 Å². The Morgan fingerprint density at radius 3 is 2.55 bits per heavy atom. The lowest BCUT2D eigenvalue weighted by Gasteiger charge is -2.19. The monoisotopic (exact) mass is 512 g/mol. The van der Waals surface area contributed by atoms with Crippen LogP contribution in [-0.2, 0) is 31.6 Å². The quantitative estimate of drug-likeness (QED) is 0.160. The summed E-state index contributed by atoms with van der Waals surface area (Å²) in [5.41, 5.74) is 4.89. The minimum absolute atomic E-state index is 0.0481. The van der Waals surface area contributed by atoms with Crippen LogP contribution in [0.1, 0.15) is 12.6 Å². The van der Waals surface area contributed by atoms with Crippen LogP contribution in [0.3, 0.4) is 0 Å². The normalized spacial score (nSPS) is 26.0. The molecule has 5 atom stereocenters. The molecule has 21 heteroatoms. The van der Waals surface area contributed by atoms with E-state index in [-0.39, 0.29) is 23.5 Å². The molecule has 2 aromatic heterocycles. The second kappa shape index (κ2) is 8.44. The molecule has 0 radical (unpaired) electrons. The number of imidazole rings is 1. The molecule has 31 heavy (non-hydrogen) atoms. The van der Waals surface area contributed by atoms with Gasteiger partial charge in [0.15, 0.2) is 11.2 Å². The van der Waals surface area contributed by atoms with Crippen molar-refractivity contribution in [2.75, 3.05) is 12.3 Å². The summed E-state index contributed by atoms with van der Waals surface area (Å²) in [6, 6.07) is 0. The van der Waals surface area contributed by atoms with Crippen LogP contribution in [0.25, 0.3) is 11.2 Å². The first-order valence-electron chi connectivity index (χ1n) is 8.00. The molecule has 1 saturated heterocycles. The van der Waals surface area contributed by atoms with Gasteiger partial charge in [0, 0.05) is 6.42 Å². The third-order valence-electron chi connectivity index (χ3n) is 3.78. The van der Waals surface area contributed by atoms with Gasteiger partial charge in [-0.05, 0) is 0 Å². The van der Waals surface area contributed by atoms with Crippen LogP contribution in [-0.4, -0.2) is 63.0 Å². The van der Waals surface area contributed by atoms with Crippen molar-refractivity contribution in [3.8, 4) is 0 Å². The highest BCUT2D eigenvalue weighted by Gasteiger charge is 2.43. The fourth-order valence-corrected chi connectivity index (χ4v) is 5.69. The maximum Gasteiger partial charge on any atom is 0.490 e. The third-order valence-corrected chi connectivity index (χ3v) is 7.59. The van der Waals surface area contributed by atoms with Gasteiger partial charge >= 0.3 is 23.5 Å². The maximum absolute atomic E-state index is 11.8. The van der Waals surface area contributed by atoms with Gasteiger partial charge in [-0.1, -0.05) is 0 Å². The largest absolute Gasteiger partial charge is 0.490 e. The van der Waals surface area contributed by atoms with E-state index in [1.54, 1.807) is 0 Å². The molecule has 18 nitrogen and oxygen atoms in total. The predicted octanol–water partition coefficient (Wildman–Crippen LogP) is -1.31. The molecule has 1 fully saturated rings. The van der Waals surface area contributed by atoms with Gasteiger partial charge in [-0.15, -0.1) is 0 Å². The lowest BCUT2D eigenvalue weighted by Crippen LogP contribution is -2.26. The van der Waals surface area contributed by atoms with Gasteiger partial charge in [0.05, 0.1) is 19.0 Å². The van der Waals surface area contributed by atoms with Crippen molar-refractivity contribution in [2.45, 2.75) is 24.9 Å². The molecular weight excluding hydrogens is 496 g/mol. The van der Waals surface area contributed by atoms with E-state index in [4.69, 9.17) is 25.2 Å². The van der Waals surface area contributed by atoms with Crippen LogP contribution in [0.2, 0.25) is 0 Å². The fraction of sp³-hybridized carbons (Fsp3) is 0.500. The van der Waals surface area contributed by atoms with Crippen molar-refractivity contribution >= 4 is 40.6 Å². The molecule has 2 aromatic rings. The summed E-state index contributed by atoms with van der Waals surface area (Å²) in [4.78, 5) is 57.5. The average Bonchev–Trinajstić information content (AvgIpc) is 3.13. The number of rotatable bonds is 8. The Bertz CT molecular complexity index is 1170. The molecule has 174 valence electrons. The summed E-state index contributed by atoms with van der Waals surface area (Å²) in [6.45, 7) is -0.843. The van der Waals surface area contributed by atoms with E-state index in [1.807, 2.05) is 0 Å². The SMILES string of the molecule is [15NH2]c1[15n]c2c([15n]c[15n]2[C@H]2CC(O)[C@@H](COP(=O)(O)OP(=O)(O)OP(=O)(O)O)O2)c(=O)[15nH]1. The number of nitrogen functional groups attached to an aromatic ring is 1. The predicted molar refractivity (Wildman–Crippen MR) is 96.9 cm³/mol. The summed E-state index contributed by atoms with van der Waals surface area (Å²) in [5, 5.41) is 10.1. The molecule has 0 saturated carbocycles. The Morgan fingerprint density at radius 1 is 1.23 bits per heavy atom. The van der Waals surface area contributed by atoms with Gasteiger partial charge in [0.2, 0.25) is 5.95 Å². The van der Waals surface area contributed by atoms with Gasteiger partial charge in [0.1, 0.15) is 12.3 Å². The van der Waals surface area contributed by atoms with Gasteiger partial charge in [-0.25, -0.2) is 18.7 Å². The van der Waals surface area contributed by atoms with Crippen LogP contribution >= 0.6 is 23.5 Å². The van der Waals surface area contributed by atoms with Crippen molar-refractivity contribution in [1.29, 1.82) is 0 Å². The molecule has 0 spiro atoms. The minimum Gasteiger partial charge on any atom is -0.390 e. The van der Waals surface area contributed by atoms with E-state index in [0.29, 0.717) is 0 Å². The third kappa shape index (κ3) is 6.04. The second-order valence-corrected chi connectivity index (χ2v) is 10.5. The zero-order valence-corrected chi connectivity index (χ0v) is 17.7. The van der Waals surface area contributed by atoms with Crippen molar-refractivity contribution in [2.24, 2.45) is 0 Å². The molecule has 0 amide bonds. The van der Waals surface area contributed by atoms with E-state index >= 15 is 0 Å². The minimum atomic E-state index is -5.67. The smallest absolute Gasteiger partial charge is 0.390 e. The van der Waals surface area contributed by atoms with Crippen molar-refractivity contribution in [3.05, 3.63) is 16.7 Å². The Balaban J connectivity index is 1.67. The molecule has 1 aliphatic heterocycles. The zero-order valence-electron chi connectivity index (χ0n) is 15.0. The number of phosphoric acid groups is 3. The van der Waals surface area contributed by atoms with E-state index in [9.17, 15) is 28.5 Å². The van der Waals surface area contributed by atoms with Gasteiger partial charge in [-0.3, -0.25) is 18.9 Å². The first-order valence-corrected chi connectivity index (χ1v) is 12.5. The number of fused-ring (bicyclic) bond motifs is 1. The van der Waals surface area contributed by atoms with Gasteiger partial charge in [-0.2, -0.15) is 13.6 Å². The van der Waals surface area contributed by atoms with Gasteiger partial charge in [0.25, 0.3) is 5.56 Å². The highest BCUT2D eigenvalue weighted by atomic mass is 31.3. The maximum atomic E-state index is 11.8. The Morgan fingerprint density at radius 2 is 1.90 bits per heavy atom.